The molecule has 0 fully saturated rings. The van der Waals surface area contributed by atoms with E-state index in [0.717, 1.165) is 5.56 Å². The number of nitrogens with one attached hydrogen (secondary N) is 2. The molecule has 1 aromatic heterocycles. The van der Waals surface area contributed by atoms with Gasteiger partial charge in [0.15, 0.2) is 12.6 Å². The molecule has 0 aliphatic carbocycles. The van der Waals surface area contributed by atoms with Crippen molar-refractivity contribution < 1.29 is 28.0 Å². The number of nitrogens with zero attached hydrogens (tertiary/aromatic N) is 3. The number of hydrogen-bond donors (Lipinski definition) is 3. The molecule has 2 heterocycles. The Kier molecular flexibility index (Phi) is 7.41. The molecule has 0 bridgehead atoms. The number of aryl methyl sites for hydroxylation is 2. The second-order valence-electron chi connectivity index (χ2n) is 8.30. The molecule has 1 amide bonds. The number of ether oxygens (including phenoxy) is 1. The fourth-order valence-electron chi connectivity index (χ4n) is 3.86. The average Bonchev–Trinajstić information content (AvgIpc) is 3.20. The van der Waals surface area contributed by atoms with Crippen LogP contribution in [-0.4, -0.2) is 34.3 Å². The van der Waals surface area contributed by atoms with Crippen molar-refractivity contribution in [3.63, 3.8) is 0 Å². The van der Waals surface area contributed by atoms with Gasteiger partial charge in [-0.25, -0.2) is 10.5 Å². The molecule has 0 saturated carbocycles. The number of carbonyl (C=O) groups excluding carboxylic acids is 1. The number of imidazole rings is 1. The molecule has 0 radical (unpaired) electrons. The van der Waals surface area contributed by atoms with E-state index in [4.69, 9.17) is 21.9 Å². The molecule has 3 aromatic rings. The molecule has 8 nitrogen and oxygen atoms in total. The van der Waals surface area contributed by atoms with E-state index in [9.17, 15) is 18.0 Å². The number of aromatic nitrogens is 2. The van der Waals surface area contributed by atoms with E-state index in [1.807, 2.05) is 6.07 Å². The fraction of sp³-hybridized carbons (Fsp3) is 0.250. The van der Waals surface area contributed by atoms with Crippen molar-refractivity contribution in [3.8, 4) is 11.4 Å². The van der Waals surface area contributed by atoms with Crippen LogP contribution in [0.3, 0.4) is 0 Å². The zero-order valence-corrected chi connectivity index (χ0v) is 19.9. The summed E-state index contributed by atoms with van der Waals surface area (Å²) in [6.07, 6.45) is 1.25. The smallest absolute Gasteiger partial charge is 0.422 e. The standard InChI is InChI=1S/C24H22ClF3N6O2/c1-14-11-34(13-31-14)21-7-3-16(9-22(21)36-12-24(26,27)28)20(33-29)10-30-19-5-2-15-8-17(25)4-6-18(15)32-23(19)35/h3-4,6-11,13,19,29-30H,2,5,12H2,1H3,(H,32,35)/p+1/b20-10-,33-29?. The second kappa shape index (κ2) is 10.5. The first-order chi connectivity index (χ1) is 17.1. The van der Waals surface area contributed by atoms with E-state index in [0.29, 0.717) is 40.5 Å². The van der Waals surface area contributed by atoms with Crippen LogP contribution in [0.2, 0.25) is 5.02 Å². The zero-order chi connectivity index (χ0) is 25.9. The van der Waals surface area contributed by atoms with E-state index < -0.39 is 18.8 Å². The zero-order valence-electron chi connectivity index (χ0n) is 19.1. The van der Waals surface area contributed by atoms with E-state index in [2.05, 4.69) is 15.4 Å². The molecule has 188 valence electrons. The van der Waals surface area contributed by atoms with Crippen molar-refractivity contribution in [1.82, 2.24) is 9.55 Å². The lowest BCUT2D eigenvalue weighted by atomic mass is 10.1. The minimum absolute atomic E-state index is 0.0451. The number of benzene rings is 2. The van der Waals surface area contributed by atoms with Crippen LogP contribution in [0.4, 0.5) is 18.9 Å². The summed E-state index contributed by atoms with van der Waals surface area (Å²) < 4.78 is 45.2. The molecule has 36 heavy (non-hydrogen) atoms. The summed E-state index contributed by atoms with van der Waals surface area (Å²) in [4.78, 5) is 16.8. The van der Waals surface area contributed by atoms with Crippen molar-refractivity contribution >= 4 is 28.9 Å². The molecular weight excluding hydrogens is 497 g/mol. The van der Waals surface area contributed by atoms with Crippen molar-refractivity contribution in [2.75, 3.05) is 11.9 Å². The third-order valence-corrected chi connectivity index (χ3v) is 5.87. The number of nitrogens with two attached hydrogens (primary N) is 1. The van der Waals surface area contributed by atoms with Crippen LogP contribution in [0.1, 0.15) is 23.2 Å². The van der Waals surface area contributed by atoms with Crippen LogP contribution in [0.25, 0.3) is 11.4 Å². The van der Waals surface area contributed by atoms with Crippen LogP contribution in [-0.2, 0) is 11.2 Å². The highest BCUT2D eigenvalue weighted by molar-refractivity contribution is 6.30. The van der Waals surface area contributed by atoms with Crippen LogP contribution in [0.15, 0.2) is 60.2 Å². The van der Waals surface area contributed by atoms with Crippen molar-refractivity contribution in [2.24, 2.45) is 5.11 Å². The average molecular weight is 520 g/mol. The van der Waals surface area contributed by atoms with E-state index >= 15 is 0 Å². The summed E-state index contributed by atoms with van der Waals surface area (Å²) in [7, 11) is 0. The van der Waals surface area contributed by atoms with Gasteiger partial charge in [-0.2, -0.15) is 18.3 Å². The number of halogens is 4. The molecule has 2 aromatic carbocycles. The minimum atomic E-state index is -4.53. The molecule has 4 rings (SSSR count). The number of fused-ring (bicyclic) bond motifs is 1. The second-order valence-corrected chi connectivity index (χ2v) is 8.74. The van der Waals surface area contributed by atoms with Gasteiger partial charge >= 0.3 is 6.18 Å². The monoisotopic (exact) mass is 519 g/mol. The lowest BCUT2D eigenvalue weighted by Gasteiger charge is -2.15. The Morgan fingerprint density at radius 1 is 1.36 bits per heavy atom. The van der Waals surface area contributed by atoms with Gasteiger partial charge in [-0.05, 0) is 49.2 Å². The van der Waals surface area contributed by atoms with Gasteiger partial charge in [-0.15, -0.1) is 0 Å². The summed E-state index contributed by atoms with van der Waals surface area (Å²) in [6.45, 7) is 0.278. The summed E-state index contributed by atoms with van der Waals surface area (Å²) in [5.74, 6) is -0.256. The van der Waals surface area contributed by atoms with Crippen LogP contribution >= 0.6 is 11.6 Å². The first-order valence-corrected chi connectivity index (χ1v) is 11.4. The topological polar surface area (TPSA) is 109 Å². The van der Waals surface area contributed by atoms with Gasteiger partial charge in [0.05, 0.1) is 17.7 Å². The fourth-order valence-corrected chi connectivity index (χ4v) is 4.06. The number of rotatable bonds is 7. The van der Waals surface area contributed by atoms with E-state index in [1.54, 1.807) is 47.3 Å². The summed E-state index contributed by atoms with van der Waals surface area (Å²) in [5, 5.41) is 8.63. The summed E-state index contributed by atoms with van der Waals surface area (Å²) in [5.41, 5.74) is 10.8. The molecular formula is C24H23ClF3N6O2+. The maximum Gasteiger partial charge on any atom is 0.422 e. The number of alkyl halides is 3. The lowest BCUT2D eigenvalue weighted by Crippen LogP contribution is -2.87. The Morgan fingerprint density at radius 3 is 2.86 bits per heavy atom. The molecule has 1 atom stereocenters. The molecule has 4 N–H and O–H groups in total. The molecule has 1 aliphatic rings. The first-order valence-electron chi connectivity index (χ1n) is 11.0. The quantitative estimate of drug-likeness (QED) is 0.396. The SMILES string of the molecule is Cc1cn(-c2ccc(/C(=C/[NH2+]C3CCc4cc(Cl)ccc4NC3=O)N=N)cc2OCC(F)(F)F)cn1. The minimum Gasteiger partial charge on any atom is -0.482 e. The van der Waals surface area contributed by atoms with Crippen LogP contribution in [0, 0.1) is 12.5 Å². The van der Waals surface area contributed by atoms with Gasteiger partial charge in [-0.1, -0.05) is 17.7 Å². The van der Waals surface area contributed by atoms with Gasteiger partial charge in [0.1, 0.15) is 17.6 Å². The number of carbonyl (C=O) groups is 1. The van der Waals surface area contributed by atoms with Gasteiger partial charge in [0.25, 0.3) is 5.91 Å². The highest BCUT2D eigenvalue weighted by Crippen LogP contribution is 2.30. The third kappa shape index (κ3) is 6.10. The van der Waals surface area contributed by atoms with Gasteiger partial charge in [0.2, 0.25) is 0 Å². The van der Waals surface area contributed by atoms with Crippen molar-refractivity contribution in [1.29, 1.82) is 5.53 Å². The molecule has 12 heteroatoms. The summed E-state index contributed by atoms with van der Waals surface area (Å²) >= 11 is 6.06. The van der Waals surface area contributed by atoms with Crippen LogP contribution < -0.4 is 15.4 Å². The number of hydrogen-bond acceptors (Lipinski definition) is 5. The third-order valence-electron chi connectivity index (χ3n) is 5.63. The highest BCUT2D eigenvalue weighted by atomic mass is 35.5. The van der Waals surface area contributed by atoms with E-state index in [1.165, 1.54) is 18.6 Å². The number of anilines is 1. The maximum absolute atomic E-state index is 12.9. The largest absolute Gasteiger partial charge is 0.482 e. The molecule has 0 spiro atoms. The maximum atomic E-state index is 12.9. The molecule has 1 aliphatic heterocycles. The lowest BCUT2D eigenvalue weighted by molar-refractivity contribution is -0.611. The predicted molar refractivity (Wildman–Crippen MR) is 127 cm³/mol. The Morgan fingerprint density at radius 2 is 2.17 bits per heavy atom. The predicted octanol–water partition coefficient (Wildman–Crippen LogP) is 4.62. The Bertz CT molecular complexity index is 1320. The Hall–Kier alpha value is -3.70. The first kappa shape index (κ1) is 25.4. The number of amides is 1. The Balaban J connectivity index is 1.58. The summed E-state index contributed by atoms with van der Waals surface area (Å²) in [6, 6.07) is 9.35. The highest BCUT2D eigenvalue weighted by Gasteiger charge is 2.29. The molecule has 0 saturated heterocycles. The van der Waals surface area contributed by atoms with E-state index in [-0.39, 0.29) is 17.4 Å². The van der Waals surface area contributed by atoms with Gasteiger partial charge < -0.3 is 19.9 Å². The van der Waals surface area contributed by atoms with Gasteiger partial charge in [0, 0.05) is 28.9 Å². The van der Waals surface area contributed by atoms with Crippen molar-refractivity contribution in [3.05, 3.63) is 77.0 Å². The number of quaternary nitrogens is 1. The molecule has 1 unspecified atom stereocenters. The van der Waals surface area contributed by atoms with Gasteiger partial charge in [-0.3, -0.25) is 4.79 Å². The Labute approximate surface area is 209 Å². The van der Waals surface area contributed by atoms with Crippen LogP contribution in [0.5, 0.6) is 5.75 Å². The normalized spacial score (nSPS) is 16.2. The van der Waals surface area contributed by atoms with Crippen molar-refractivity contribution in [2.45, 2.75) is 32.0 Å².